The fraction of sp³-hybridized carbons (Fsp3) is 0.571. The molecule has 0 radical (unpaired) electrons. The van der Waals surface area contributed by atoms with Gasteiger partial charge in [-0.1, -0.05) is 13.8 Å². The monoisotopic (exact) mass is 272 g/mol. The van der Waals surface area contributed by atoms with Gasteiger partial charge in [0.25, 0.3) is 0 Å². The summed E-state index contributed by atoms with van der Waals surface area (Å²) >= 11 is 0. The number of hydrogen-bond donors (Lipinski definition) is 1. The lowest BCUT2D eigenvalue weighted by atomic mass is 10.0. The van der Waals surface area contributed by atoms with E-state index in [9.17, 15) is 13.2 Å². The van der Waals surface area contributed by atoms with E-state index in [2.05, 4.69) is 19.2 Å². The Morgan fingerprint density at radius 2 is 1.89 bits per heavy atom. The third-order valence-corrected chi connectivity index (χ3v) is 3.31. The van der Waals surface area contributed by atoms with E-state index in [0.29, 0.717) is 25.6 Å². The molecule has 1 saturated heterocycles. The van der Waals surface area contributed by atoms with E-state index in [1.54, 1.807) is 4.90 Å². The van der Waals surface area contributed by atoms with Gasteiger partial charge in [0, 0.05) is 37.8 Å². The molecular weight excluding hydrogens is 253 g/mol. The molecule has 1 atom stereocenters. The molecule has 2 nitrogen and oxygen atoms in total. The molecule has 0 aliphatic carbocycles. The van der Waals surface area contributed by atoms with Crippen molar-refractivity contribution in [1.82, 2.24) is 5.32 Å². The molecule has 0 spiro atoms. The summed E-state index contributed by atoms with van der Waals surface area (Å²) in [4.78, 5) is 1.66. The molecular formula is C14H19F3N2. The fourth-order valence-electron chi connectivity index (χ4n) is 2.59. The van der Waals surface area contributed by atoms with E-state index >= 15 is 0 Å². The van der Waals surface area contributed by atoms with Crippen molar-refractivity contribution in [2.75, 3.05) is 24.5 Å². The van der Waals surface area contributed by atoms with Crippen LogP contribution in [0.2, 0.25) is 0 Å². The second kappa shape index (κ2) is 5.82. The molecule has 0 aromatic heterocycles. The van der Waals surface area contributed by atoms with Crippen LogP contribution in [0.1, 0.15) is 20.3 Å². The van der Waals surface area contributed by atoms with E-state index in [1.807, 2.05) is 0 Å². The van der Waals surface area contributed by atoms with E-state index in [4.69, 9.17) is 0 Å². The Kier molecular flexibility index (Phi) is 4.34. The summed E-state index contributed by atoms with van der Waals surface area (Å²) in [7, 11) is 0. The molecule has 1 aromatic rings. The summed E-state index contributed by atoms with van der Waals surface area (Å²) in [6.45, 7) is 5.96. The van der Waals surface area contributed by atoms with Gasteiger partial charge in [-0.05, 0) is 12.3 Å². The van der Waals surface area contributed by atoms with Gasteiger partial charge < -0.3 is 10.2 Å². The number of halogens is 3. The van der Waals surface area contributed by atoms with Crippen LogP contribution in [-0.4, -0.2) is 25.7 Å². The highest BCUT2D eigenvalue weighted by molar-refractivity contribution is 5.50. The summed E-state index contributed by atoms with van der Waals surface area (Å²) in [5.41, 5.74) is -0.114. The highest BCUT2D eigenvalue weighted by Gasteiger charge is 2.25. The van der Waals surface area contributed by atoms with Gasteiger partial charge in [0.15, 0.2) is 11.6 Å². The first-order chi connectivity index (χ1) is 8.97. The maximum atomic E-state index is 13.7. The van der Waals surface area contributed by atoms with Gasteiger partial charge in [0.1, 0.15) is 11.5 Å². The summed E-state index contributed by atoms with van der Waals surface area (Å²) < 4.78 is 40.4. The third kappa shape index (κ3) is 3.41. The number of nitrogens with one attached hydrogen (secondary N) is 1. The Balaban J connectivity index is 2.17. The number of anilines is 1. The second-order valence-electron chi connectivity index (χ2n) is 5.44. The number of piperazine rings is 1. The summed E-state index contributed by atoms with van der Waals surface area (Å²) in [6.07, 6.45) is 0.945. The van der Waals surface area contributed by atoms with Crippen LogP contribution in [0.4, 0.5) is 18.9 Å². The maximum Gasteiger partial charge on any atom is 0.152 e. The molecule has 19 heavy (non-hydrogen) atoms. The summed E-state index contributed by atoms with van der Waals surface area (Å²) in [5, 5.41) is 3.34. The molecule has 0 saturated carbocycles. The van der Waals surface area contributed by atoms with Gasteiger partial charge in [0.2, 0.25) is 0 Å². The zero-order chi connectivity index (χ0) is 14.0. The van der Waals surface area contributed by atoms with Crippen LogP contribution in [0.15, 0.2) is 12.1 Å². The third-order valence-electron chi connectivity index (χ3n) is 3.31. The van der Waals surface area contributed by atoms with Gasteiger partial charge >= 0.3 is 0 Å². The van der Waals surface area contributed by atoms with Crippen LogP contribution in [-0.2, 0) is 0 Å². The SMILES string of the molecule is CC(C)CC1CN(c2c(F)cc(F)cc2F)CCN1. The van der Waals surface area contributed by atoms with E-state index in [1.165, 1.54) is 0 Å². The number of benzene rings is 1. The largest absolute Gasteiger partial charge is 0.364 e. The van der Waals surface area contributed by atoms with Gasteiger partial charge in [-0.25, -0.2) is 13.2 Å². The molecule has 106 valence electrons. The minimum Gasteiger partial charge on any atom is -0.364 e. The number of rotatable bonds is 3. The van der Waals surface area contributed by atoms with Gasteiger partial charge in [-0.3, -0.25) is 0 Å². The van der Waals surface area contributed by atoms with Crippen molar-refractivity contribution < 1.29 is 13.2 Å². The molecule has 1 unspecified atom stereocenters. The molecule has 1 fully saturated rings. The standard InChI is InChI=1S/C14H19F3N2/c1-9(2)5-11-8-19(4-3-18-11)14-12(16)6-10(15)7-13(14)17/h6-7,9,11,18H,3-5,8H2,1-2H3. The lowest BCUT2D eigenvalue weighted by molar-refractivity contribution is 0.383. The van der Waals surface area contributed by atoms with Gasteiger partial charge in [-0.15, -0.1) is 0 Å². The Morgan fingerprint density at radius 1 is 1.26 bits per heavy atom. The zero-order valence-electron chi connectivity index (χ0n) is 11.2. The first kappa shape index (κ1) is 14.2. The van der Waals surface area contributed by atoms with E-state index < -0.39 is 17.5 Å². The molecule has 1 aromatic carbocycles. The molecule has 1 aliphatic rings. The first-order valence-corrected chi connectivity index (χ1v) is 6.60. The highest BCUT2D eigenvalue weighted by atomic mass is 19.1. The zero-order valence-corrected chi connectivity index (χ0v) is 11.2. The Labute approximate surface area is 111 Å². The van der Waals surface area contributed by atoms with Crippen LogP contribution in [0.25, 0.3) is 0 Å². The van der Waals surface area contributed by atoms with Crippen molar-refractivity contribution in [3.8, 4) is 0 Å². The molecule has 1 aliphatic heterocycles. The summed E-state index contributed by atoms with van der Waals surface area (Å²) in [6, 6.07) is 1.67. The van der Waals surface area contributed by atoms with Crippen LogP contribution >= 0.6 is 0 Å². The molecule has 1 N–H and O–H groups in total. The minimum atomic E-state index is -0.882. The topological polar surface area (TPSA) is 15.3 Å². The number of hydrogen-bond acceptors (Lipinski definition) is 2. The molecule has 0 amide bonds. The van der Waals surface area contributed by atoms with Crippen LogP contribution in [0.3, 0.4) is 0 Å². The molecule has 0 bridgehead atoms. The Bertz CT molecular complexity index is 425. The fourth-order valence-corrected chi connectivity index (χ4v) is 2.59. The molecule has 5 heteroatoms. The second-order valence-corrected chi connectivity index (χ2v) is 5.44. The van der Waals surface area contributed by atoms with Crippen molar-refractivity contribution in [3.05, 3.63) is 29.6 Å². The maximum absolute atomic E-state index is 13.7. The van der Waals surface area contributed by atoms with Crippen molar-refractivity contribution >= 4 is 5.69 Å². The Morgan fingerprint density at radius 3 is 2.47 bits per heavy atom. The van der Waals surface area contributed by atoms with Crippen LogP contribution in [0, 0.1) is 23.4 Å². The van der Waals surface area contributed by atoms with E-state index in [0.717, 1.165) is 18.6 Å². The Hall–Kier alpha value is -1.23. The summed E-state index contributed by atoms with van der Waals surface area (Å²) in [5.74, 6) is -2.03. The minimum absolute atomic E-state index is 0.114. The van der Waals surface area contributed by atoms with Crippen molar-refractivity contribution in [1.29, 1.82) is 0 Å². The smallest absolute Gasteiger partial charge is 0.152 e. The molecule has 2 rings (SSSR count). The predicted molar refractivity (Wildman–Crippen MR) is 69.8 cm³/mol. The first-order valence-electron chi connectivity index (χ1n) is 6.60. The normalized spacial score (nSPS) is 20.1. The lowest BCUT2D eigenvalue weighted by Crippen LogP contribution is -2.51. The van der Waals surface area contributed by atoms with Crippen molar-refractivity contribution in [3.63, 3.8) is 0 Å². The average molecular weight is 272 g/mol. The van der Waals surface area contributed by atoms with Crippen molar-refractivity contribution in [2.24, 2.45) is 5.92 Å². The van der Waals surface area contributed by atoms with Gasteiger partial charge in [-0.2, -0.15) is 0 Å². The lowest BCUT2D eigenvalue weighted by Gasteiger charge is -2.36. The molecule has 1 heterocycles. The highest BCUT2D eigenvalue weighted by Crippen LogP contribution is 2.26. The van der Waals surface area contributed by atoms with Crippen molar-refractivity contribution in [2.45, 2.75) is 26.3 Å². The quantitative estimate of drug-likeness (QED) is 0.910. The van der Waals surface area contributed by atoms with Crippen LogP contribution < -0.4 is 10.2 Å². The number of nitrogens with zero attached hydrogens (tertiary/aromatic N) is 1. The van der Waals surface area contributed by atoms with Gasteiger partial charge in [0.05, 0.1) is 0 Å². The predicted octanol–water partition coefficient (Wildman–Crippen LogP) is 2.93. The average Bonchev–Trinajstić information content (AvgIpc) is 2.26. The van der Waals surface area contributed by atoms with E-state index in [-0.39, 0.29) is 11.7 Å². The van der Waals surface area contributed by atoms with Crippen LogP contribution in [0.5, 0.6) is 0 Å².